The van der Waals surface area contributed by atoms with Crippen LogP contribution in [-0.4, -0.2) is 11.2 Å². The molecule has 17 heavy (non-hydrogen) atoms. The Morgan fingerprint density at radius 3 is 2.35 bits per heavy atom. The van der Waals surface area contributed by atoms with Gasteiger partial charge in [0.25, 0.3) is 0 Å². The predicted molar refractivity (Wildman–Crippen MR) is 79.6 cm³/mol. The second-order valence-corrected chi connectivity index (χ2v) is 4.82. The zero-order chi connectivity index (χ0) is 12.8. The van der Waals surface area contributed by atoms with Gasteiger partial charge in [-0.25, -0.2) is 0 Å². The van der Waals surface area contributed by atoms with Gasteiger partial charge in [-0.15, -0.1) is 0 Å². The summed E-state index contributed by atoms with van der Waals surface area (Å²) in [5.41, 5.74) is 3.63. The number of benzene rings is 1. The molecule has 0 saturated heterocycles. The Bertz CT molecular complexity index is 384. The number of hydrogen-bond donors (Lipinski definition) is 2. The first-order chi connectivity index (χ1) is 8.06. The SMILES string of the molecule is CCC(CC)NC(=S)Nc1ccc(C)c(C)c1. The van der Waals surface area contributed by atoms with Gasteiger partial charge in [0.2, 0.25) is 0 Å². The lowest BCUT2D eigenvalue weighted by molar-refractivity contribution is 0.573. The highest BCUT2D eigenvalue weighted by atomic mass is 32.1. The zero-order valence-corrected chi connectivity index (χ0v) is 11.9. The Morgan fingerprint density at radius 2 is 1.82 bits per heavy atom. The quantitative estimate of drug-likeness (QED) is 0.795. The van der Waals surface area contributed by atoms with E-state index in [-0.39, 0.29) is 0 Å². The molecule has 3 heteroatoms. The third kappa shape index (κ3) is 4.35. The predicted octanol–water partition coefficient (Wildman–Crippen LogP) is 3.78. The van der Waals surface area contributed by atoms with Gasteiger partial charge in [0.05, 0.1) is 0 Å². The molecule has 0 amide bonds. The summed E-state index contributed by atoms with van der Waals surface area (Å²) in [5, 5.41) is 7.26. The summed E-state index contributed by atoms with van der Waals surface area (Å²) in [6, 6.07) is 6.75. The standard InChI is InChI=1S/C14H22N2S/c1-5-12(6-2)15-14(17)16-13-8-7-10(3)11(4)9-13/h7-9,12H,5-6H2,1-4H3,(H2,15,16,17). The third-order valence-corrected chi connectivity index (χ3v) is 3.31. The van der Waals surface area contributed by atoms with Crippen molar-refractivity contribution >= 4 is 23.0 Å². The molecule has 0 radical (unpaired) electrons. The molecule has 94 valence electrons. The smallest absolute Gasteiger partial charge is 0.170 e. The Hall–Kier alpha value is -1.09. The van der Waals surface area contributed by atoms with Crippen molar-refractivity contribution in [1.82, 2.24) is 5.32 Å². The van der Waals surface area contributed by atoms with Gasteiger partial charge in [-0.05, 0) is 62.2 Å². The zero-order valence-electron chi connectivity index (χ0n) is 11.1. The molecule has 0 fully saturated rings. The summed E-state index contributed by atoms with van der Waals surface area (Å²) < 4.78 is 0. The Kier molecular flexibility index (Phi) is 5.42. The summed E-state index contributed by atoms with van der Waals surface area (Å²) in [4.78, 5) is 0. The minimum absolute atomic E-state index is 0.460. The van der Waals surface area contributed by atoms with Crippen molar-refractivity contribution in [1.29, 1.82) is 0 Å². The number of rotatable bonds is 4. The first-order valence-electron chi connectivity index (χ1n) is 6.21. The van der Waals surface area contributed by atoms with Crippen LogP contribution in [0.1, 0.15) is 37.8 Å². The Morgan fingerprint density at radius 1 is 1.18 bits per heavy atom. The van der Waals surface area contributed by atoms with Crippen LogP contribution in [0.15, 0.2) is 18.2 Å². The van der Waals surface area contributed by atoms with E-state index in [1.54, 1.807) is 0 Å². The summed E-state index contributed by atoms with van der Waals surface area (Å²) >= 11 is 5.30. The molecule has 0 aliphatic carbocycles. The molecule has 2 N–H and O–H groups in total. The molecule has 1 aromatic rings. The molecule has 1 aromatic carbocycles. The van der Waals surface area contributed by atoms with Crippen LogP contribution in [0.3, 0.4) is 0 Å². The fourth-order valence-electron chi connectivity index (χ4n) is 1.66. The van der Waals surface area contributed by atoms with Gasteiger partial charge in [-0.1, -0.05) is 19.9 Å². The maximum atomic E-state index is 5.30. The first-order valence-corrected chi connectivity index (χ1v) is 6.62. The second kappa shape index (κ2) is 6.60. The number of anilines is 1. The molecule has 0 atom stereocenters. The van der Waals surface area contributed by atoms with E-state index < -0.39 is 0 Å². The molecule has 0 aliphatic rings. The van der Waals surface area contributed by atoms with Gasteiger partial charge in [0.15, 0.2) is 5.11 Å². The summed E-state index contributed by atoms with van der Waals surface area (Å²) in [5.74, 6) is 0. The number of nitrogens with one attached hydrogen (secondary N) is 2. The van der Waals surface area contributed by atoms with E-state index in [9.17, 15) is 0 Å². The fourth-order valence-corrected chi connectivity index (χ4v) is 1.95. The highest BCUT2D eigenvalue weighted by Crippen LogP contribution is 2.14. The van der Waals surface area contributed by atoms with E-state index in [0.29, 0.717) is 11.2 Å². The molecular weight excluding hydrogens is 228 g/mol. The average molecular weight is 250 g/mol. The summed E-state index contributed by atoms with van der Waals surface area (Å²) in [6.07, 6.45) is 2.18. The van der Waals surface area contributed by atoms with Crippen LogP contribution < -0.4 is 10.6 Å². The van der Waals surface area contributed by atoms with Gasteiger partial charge in [0.1, 0.15) is 0 Å². The largest absolute Gasteiger partial charge is 0.360 e. The van der Waals surface area contributed by atoms with Crippen LogP contribution in [-0.2, 0) is 0 Å². The molecule has 0 aromatic heterocycles. The van der Waals surface area contributed by atoms with Gasteiger partial charge in [-0.2, -0.15) is 0 Å². The van der Waals surface area contributed by atoms with Crippen LogP contribution in [0.4, 0.5) is 5.69 Å². The molecule has 0 spiro atoms. The summed E-state index contributed by atoms with van der Waals surface area (Å²) in [7, 11) is 0. The number of thiocarbonyl (C=S) groups is 1. The first kappa shape index (κ1) is 14.0. The Labute approximate surface area is 110 Å². The fraction of sp³-hybridized carbons (Fsp3) is 0.500. The van der Waals surface area contributed by atoms with E-state index in [1.165, 1.54) is 11.1 Å². The van der Waals surface area contributed by atoms with Crippen molar-refractivity contribution in [2.45, 2.75) is 46.6 Å². The van der Waals surface area contributed by atoms with Gasteiger partial charge in [-0.3, -0.25) is 0 Å². The van der Waals surface area contributed by atoms with Crippen molar-refractivity contribution < 1.29 is 0 Å². The van der Waals surface area contributed by atoms with E-state index in [2.05, 4.69) is 56.5 Å². The van der Waals surface area contributed by atoms with E-state index in [1.807, 2.05) is 0 Å². The normalized spacial score (nSPS) is 10.4. The van der Waals surface area contributed by atoms with Gasteiger partial charge < -0.3 is 10.6 Å². The minimum atomic E-state index is 0.460. The maximum Gasteiger partial charge on any atom is 0.170 e. The summed E-state index contributed by atoms with van der Waals surface area (Å²) in [6.45, 7) is 8.55. The highest BCUT2D eigenvalue weighted by molar-refractivity contribution is 7.80. The van der Waals surface area contributed by atoms with Crippen molar-refractivity contribution in [3.05, 3.63) is 29.3 Å². The van der Waals surface area contributed by atoms with Crippen molar-refractivity contribution in [2.75, 3.05) is 5.32 Å². The minimum Gasteiger partial charge on any atom is -0.360 e. The van der Waals surface area contributed by atoms with Gasteiger partial charge >= 0.3 is 0 Å². The van der Waals surface area contributed by atoms with Crippen LogP contribution in [0.5, 0.6) is 0 Å². The van der Waals surface area contributed by atoms with Crippen LogP contribution in [0.25, 0.3) is 0 Å². The average Bonchev–Trinajstić information content (AvgIpc) is 2.31. The van der Waals surface area contributed by atoms with Gasteiger partial charge in [0, 0.05) is 11.7 Å². The highest BCUT2D eigenvalue weighted by Gasteiger charge is 2.05. The third-order valence-electron chi connectivity index (χ3n) is 3.09. The lowest BCUT2D eigenvalue weighted by atomic mass is 10.1. The van der Waals surface area contributed by atoms with Crippen molar-refractivity contribution in [2.24, 2.45) is 0 Å². The second-order valence-electron chi connectivity index (χ2n) is 4.41. The van der Waals surface area contributed by atoms with E-state index in [4.69, 9.17) is 12.2 Å². The number of hydrogen-bond acceptors (Lipinski definition) is 1. The topological polar surface area (TPSA) is 24.1 Å². The molecule has 0 unspecified atom stereocenters. The van der Waals surface area contributed by atoms with E-state index in [0.717, 1.165) is 18.5 Å². The molecular formula is C14H22N2S. The maximum absolute atomic E-state index is 5.30. The van der Waals surface area contributed by atoms with Crippen molar-refractivity contribution in [3.63, 3.8) is 0 Å². The molecule has 0 heterocycles. The monoisotopic (exact) mass is 250 g/mol. The molecule has 0 saturated carbocycles. The van der Waals surface area contributed by atoms with Crippen molar-refractivity contribution in [3.8, 4) is 0 Å². The molecule has 0 aliphatic heterocycles. The van der Waals surface area contributed by atoms with Crippen LogP contribution >= 0.6 is 12.2 Å². The molecule has 2 nitrogen and oxygen atoms in total. The molecule has 1 rings (SSSR count). The molecule has 0 bridgehead atoms. The van der Waals surface area contributed by atoms with Crippen LogP contribution in [0.2, 0.25) is 0 Å². The number of aryl methyl sites for hydroxylation is 2. The Balaban J connectivity index is 2.58. The van der Waals surface area contributed by atoms with E-state index >= 15 is 0 Å². The lowest BCUT2D eigenvalue weighted by Gasteiger charge is -2.18. The lowest BCUT2D eigenvalue weighted by Crippen LogP contribution is -2.36. The van der Waals surface area contributed by atoms with Crippen LogP contribution in [0, 0.1) is 13.8 Å².